The van der Waals surface area contributed by atoms with Crippen molar-refractivity contribution in [1.82, 2.24) is 5.32 Å². The van der Waals surface area contributed by atoms with E-state index in [1.807, 2.05) is 6.92 Å². The van der Waals surface area contributed by atoms with Gasteiger partial charge in [0.25, 0.3) is 0 Å². The molecule has 0 aliphatic carbocycles. The third-order valence-electron chi connectivity index (χ3n) is 3.13. The molecule has 6 heteroatoms. The average Bonchev–Trinajstić information content (AvgIpc) is 2.47. The molecule has 0 aromatic heterocycles. The van der Waals surface area contributed by atoms with Gasteiger partial charge in [-0.3, -0.25) is 0 Å². The van der Waals surface area contributed by atoms with Crippen LogP contribution in [0.2, 0.25) is 0 Å². The molecule has 0 heterocycles. The van der Waals surface area contributed by atoms with E-state index in [9.17, 15) is 4.39 Å². The predicted octanol–water partition coefficient (Wildman–Crippen LogP) is 1.42. The molecule has 0 amide bonds. The van der Waals surface area contributed by atoms with Gasteiger partial charge in [0.2, 0.25) is 0 Å². The lowest BCUT2D eigenvalue weighted by Crippen LogP contribution is -2.18. The van der Waals surface area contributed by atoms with Crippen molar-refractivity contribution in [2.24, 2.45) is 16.8 Å². The SMILES string of the molecule is CC(CO)CCCNCc1ccc(/C(N)=N/O)cc1F. The summed E-state index contributed by atoms with van der Waals surface area (Å²) < 4.78 is 13.8. The molecule has 0 aliphatic rings. The van der Waals surface area contributed by atoms with E-state index in [-0.39, 0.29) is 18.3 Å². The van der Waals surface area contributed by atoms with Crippen molar-refractivity contribution < 1.29 is 14.7 Å². The average molecular weight is 283 g/mol. The van der Waals surface area contributed by atoms with Gasteiger partial charge in [0.15, 0.2) is 5.84 Å². The maximum Gasteiger partial charge on any atom is 0.170 e. The van der Waals surface area contributed by atoms with Gasteiger partial charge in [-0.1, -0.05) is 24.2 Å². The normalized spacial score (nSPS) is 13.4. The highest BCUT2D eigenvalue weighted by atomic mass is 19.1. The Hall–Kier alpha value is -1.66. The van der Waals surface area contributed by atoms with Crippen LogP contribution in [-0.4, -0.2) is 29.3 Å². The van der Waals surface area contributed by atoms with E-state index in [1.54, 1.807) is 12.1 Å². The Morgan fingerprint density at radius 1 is 1.50 bits per heavy atom. The fraction of sp³-hybridized carbons (Fsp3) is 0.500. The Morgan fingerprint density at radius 2 is 2.25 bits per heavy atom. The molecule has 5 nitrogen and oxygen atoms in total. The van der Waals surface area contributed by atoms with Crippen LogP contribution < -0.4 is 11.1 Å². The quantitative estimate of drug-likeness (QED) is 0.191. The molecule has 112 valence electrons. The molecule has 1 aromatic carbocycles. The zero-order chi connectivity index (χ0) is 15.0. The molecule has 20 heavy (non-hydrogen) atoms. The van der Waals surface area contributed by atoms with Crippen LogP contribution in [0, 0.1) is 11.7 Å². The number of rotatable bonds is 8. The third kappa shape index (κ3) is 5.14. The fourth-order valence-corrected chi connectivity index (χ4v) is 1.80. The van der Waals surface area contributed by atoms with Crippen LogP contribution in [0.25, 0.3) is 0 Å². The third-order valence-corrected chi connectivity index (χ3v) is 3.13. The zero-order valence-corrected chi connectivity index (χ0v) is 11.6. The van der Waals surface area contributed by atoms with Crippen LogP contribution >= 0.6 is 0 Å². The van der Waals surface area contributed by atoms with Crippen molar-refractivity contribution in [3.05, 3.63) is 35.1 Å². The summed E-state index contributed by atoms with van der Waals surface area (Å²) in [6.07, 6.45) is 1.87. The molecule has 0 aliphatic heterocycles. The van der Waals surface area contributed by atoms with Gasteiger partial charge in [-0.15, -0.1) is 0 Å². The lowest BCUT2D eigenvalue weighted by Gasteiger charge is -2.09. The van der Waals surface area contributed by atoms with Crippen molar-refractivity contribution >= 4 is 5.84 Å². The summed E-state index contributed by atoms with van der Waals surface area (Å²) in [6, 6.07) is 4.48. The molecule has 0 saturated carbocycles. The predicted molar refractivity (Wildman–Crippen MR) is 76.1 cm³/mol. The molecule has 1 atom stereocenters. The van der Waals surface area contributed by atoms with Crippen molar-refractivity contribution in [2.75, 3.05) is 13.2 Å². The number of benzene rings is 1. The van der Waals surface area contributed by atoms with Gasteiger partial charge >= 0.3 is 0 Å². The topological polar surface area (TPSA) is 90.9 Å². The molecular weight excluding hydrogens is 261 g/mol. The van der Waals surface area contributed by atoms with Crippen LogP contribution in [0.1, 0.15) is 30.9 Å². The number of hydrogen-bond acceptors (Lipinski definition) is 4. The Bertz CT molecular complexity index is 452. The Morgan fingerprint density at radius 3 is 2.85 bits per heavy atom. The molecule has 0 saturated heterocycles. The molecule has 0 bridgehead atoms. The molecule has 5 N–H and O–H groups in total. The smallest absolute Gasteiger partial charge is 0.170 e. The molecule has 1 rings (SSSR count). The number of amidine groups is 1. The second-order valence-electron chi connectivity index (χ2n) is 4.90. The Kier molecular flexibility index (Phi) is 6.97. The highest BCUT2D eigenvalue weighted by Crippen LogP contribution is 2.10. The highest BCUT2D eigenvalue weighted by Gasteiger charge is 2.06. The van der Waals surface area contributed by atoms with Crippen LogP contribution in [-0.2, 0) is 6.54 Å². The van der Waals surface area contributed by atoms with Gasteiger partial charge in [0.1, 0.15) is 5.82 Å². The van der Waals surface area contributed by atoms with E-state index >= 15 is 0 Å². The largest absolute Gasteiger partial charge is 0.409 e. The lowest BCUT2D eigenvalue weighted by atomic mass is 10.1. The van der Waals surface area contributed by atoms with Crippen molar-refractivity contribution in [1.29, 1.82) is 0 Å². The summed E-state index contributed by atoms with van der Waals surface area (Å²) in [5.41, 5.74) is 6.28. The summed E-state index contributed by atoms with van der Waals surface area (Å²) >= 11 is 0. The number of nitrogens with two attached hydrogens (primary N) is 1. The van der Waals surface area contributed by atoms with Crippen LogP contribution in [0.5, 0.6) is 0 Å². The van der Waals surface area contributed by atoms with E-state index in [1.165, 1.54) is 6.07 Å². The van der Waals surface area contributed by atoms with Gasteiger partial charge in [0.05, 0.1) is 0 Å². The second-order valence-corrected chi connectivity index (χ2v) is 4.90. The van der Waals surface area contributed by atoms with Crippen molar-refractivity contribution in [3.8, 4) is 0 Å². The van der Waals surface area contributed by atoms with Gasteiger partial charge < -0.3 is 21.4 Å². The maximum atomic E-state index is 13.8. The highest BCUT2D eigenvalue weighted by molar-refractivity contribution is 5.97. The molecule has 1 aromatic rings. The van der Waals surface area contributed by atoms with Crippen LogP contribution in [0.4, 0.5) is 4.39 Å². The van der Waals surface area contributed by atoms with Gasteiger partial charge in [-0.05, 0) is 31.4 Å². The number of nitrogens with one attached hydrogen (secondary N) is 1. The lowest BCUT2D eigenvalue weighted by molar-refractivity contribution is 0.228. The number of hydrogen-bond donors (Lipinski definition) is 4. The molecule has 1 unspecified atom stereocenters. The monoisotopic (exact) mass is 283 g/mol. The van der Waals surface area contributed by atoms with Crippen molar-refractivity contribution in [2.45, 2.75) is 26.3 Å². The summed E-state index contributed by atoms with van der Waals surface area (Å²) in [5, 5.41) is 23.4. The van der Waals surface area contributed by atoms with Crippen LogP contribution in [0.15, 0.2) is 23.4 Å². The first kappa shape index (κ1) is 16.4. The first-order valence-corrected chi connectivity index (χ1v) is 6.66. The maximum absolute atomic E-state index is 13.8. The van der Waals surface area contributed by atoms with Gasteiger partial charge in [0, 0.05) is 24.3 Å². The Labute approximate surface area is 118 Å². The number of oxime groups is 1. The van der Waals surface area contributed by atoms with Crippen LogP contribution in [0.3, 0.4) is 0 Å². The zero-order valence-electron chi connectivity index (χ0n) is 11.6. The minimum Gasteiger partial charge on any atom is -0.409 e. The summed E-state index contributed by atoms with van der Waals surface area (Å²) in [7, 11) is 0. The number of aliphatic hydroxyl groups is 1. The van der Waals surface area contributed by atoms with Gasteiger partial charge in [-0.25, -0.2) is 4.39 Å². The van der Waals surface area contributed by atoms with E-state index in [0.717, 1.165) is 19.4 Å². The first-order valence-electron chi connectivity index (χ1n) is 6.66. The van der Waals surface area contributed by atoms with E-state index in [4.69, 9.17) is 16.0 Å². The fourth-order valence-electron chi connectivity index (χ4n) is 1.80. The molecule has 0 radical (unpaired) electrons. The number of halogens is 1. The first-order chi connectivity index (χ1) is 9.58. The summed E-state index contributed by atoms with van der Waals surface area (Å²) in [6.45, 7) is 3.39. The summed E-state index contributed by atoms with van der Waals surface area (Å²) in [5.74, 6) is -0.194. The van der Waals surface area contributed by atoms with E-state index in [0.29, 0.717) is 23.6 Å². The standard InChI is InChI=1S/C14H22FN3O2/c1-10(9-19)3-2-6-17-8-12-5-4-11(7-13(12)15)14(16)18-20/h4-5,7,10,17,19-20H,2-3,6,8-9H2,1H3,(H2,16,18). The minimum atomic E-state index is -0.384. The van der Waals surface area contributed by atoms with E-state index < -0.39 is 0 Å². The number of nitrogens with zero attached hydrogens (tertiary/aromatic N) is 1. The minimum absolute atomic E-state index is 0.110. The second kappa shape index (κ2) is 8.50. The van der Waals surface area contributed by atoms with Crippen molar-refractivity contribution in [3.63, 3.8) is 0 Å². The Balaban J connectivity index is 2.41. The van der Waals surface area contributed by atoms with Gasteiger partial charge in [-0.2, -0.15) is 0 Å². The molecule has 0 fully saturated rings. The molecular formula is C14H22FN3O2. The van der Waals surface area contributed by atoms with E-state index in [2.05, 4.69) is 10.5 Å². The summed E-state index contributed by atoms with van der Waals surface area (Å²) in [4.78, 5) is 0. The number of aliphatic hydroxyl groups excluding tert-OH is 1. The molecule has 0 spiro atoms.